The van der Waals surface area contributed by atoms with Crippen molar-refractivity contribution in [1.82, 2.24) is 5.32 Å². The fourth-order valence-electron chi connectivity index (χ4n) is 2.33. The van der Waals surface area contributed by atoms with Crippen molar-refractivity contribution in [3.63, 3.8) is 0 Å². The van der Waals surface area contributed by atoms with Gasteiger partial charge in [0.15, 0.2) is 16.4 Å². The number of ketones is 1. The van der Waals surface area contributed by atoms with E-state index < -0.39 is 34.4 Å². The maximum atomic E-state index is 12.2. The first-order valence-electron chi connectivity index (χ1n) is 7.65. The van der Waals surface area contributed by atoms with Crippen LogP contribution in [0, 0.1) is 0 Å². The van der Waals surface area contributed by atoms with E-state index in [-0.39, 0.29) is 28.6 Å². The van der Waals surface area contributed by atoms with Gasteiger partial charge in [0, 0.05) is 10.9 Å². The quantitative estimate of drug-likeness (QED) is 0.547. The number of benzene rings is 1. The molecule has 2 rings (SSSR count). The van der Waals surface area contributed by atoms with E-state index in [2.05, 4.69) is 5.32 Å². The first-order valence-corrected chi connectivity index (χ1v) is 10.5. The Labute approximate surface area is 150 Å². The molecule has 0 spiro atoms. The lowest BCUT2D eigenvalue weighted by Crippen LogP contribution is -2.38. The van der Waals surface area contributed by atoms with Crippen LogP contribution in [0.1, 0.15) is 23.7 Å². The number of carbonyl (C=O) groups is 3. The molecule has 1 amide bonds. The summed E-state index contributed by atoms with van der Waals surface area (Å²) >= 11 is 1.23. The average Bonchev–Trinajstić information content (AvgIpc) is 2.89. The predicted octanol–water partition coefficient (Wildman–Crippen LogP) is 0.828. The number of sulfone groups is 1. The van der Waals surface area contributed by atoms with Crippen molar-refractivity contribution in [3.8, 4) is 0 Å². The Morgan fingerprint density at radius 2 is 2.00 bits per heavy atom. The van der Waals surface area contributed by atoms with Gasteiger partial charge >= 0.3 is 5.97 Å². The van der Waals surface area contributed by atoms with Gasteiger partial charge in [-0.1, -0.05) is 12.1 Å². The maximum absolute atomic E-state index is 12.2. The van der Waals surface area contributed by atoms with Gasteiger partial charge in [0.1, 0.15) is 5.78 Å². The molecule has 136 valence electrons. The molecule has 9 heteroatoms. The molecule has 0 saturated carbocycles. The lowest BCUT2D eigenvalue weighted by molar-refractivity contribution is -0.124. The monoisotopic (exact) mass is 385 g/mol. The zero-order valence-electron chi connectivity index (χ0n) is 13.7. The van der Waals surface area contributed by atoms with Gasteiger partial charge in [0.05, 0.1) is 22.8 Å². The van der Waals surface area contributed by atoms with Gasteiger partial charge in [-0.05, 0) is 25.5 Å². The molecule has 1 fully saturated rings. The third kappa shape index (κ3) is 6.17. The smallest absolute Gasteiger partial charge is 0.339 e. The second-order valence-electron chi connectivity index (χ2n) is 5.73. The molecule has 1 N–H and O–H groups in total. The Kier molecular flexibility index (Phi) is 6.60. The number of thioether (sulfide) groups is 1. The van der Waals surface area contributed by atoms with E-state index >= 15 is 0 Å². The van der Waals surface area contributed by atoms with E-state index in [1.165, 1.54) is 18.7 Å². The number of ether oxygens (including phenoxy) is 1. The molecule has 1 saturated heterocycles. The molecular formula is C16H19NO6S2. The number of rotatable bonds is 7. The number of carbonyl (C=O) groups excluding carboxylic acids is 3. The van der Waals surface area contributed by atoms with Crippen molar-refractivity contribution in [1.29, 1.82) is 0 Å². The molecule has 0 aromatic heterocycles. The van der Waals surface area contributed by atoms with Crippen LogP contribution in [0.15, 0.2) is 29.2 Å². The number of esters is 1. The molecule has 0 bridgehead atoms. The lowest BCUT2D eigenvalue weighted by Gasteiger charge is -2.12. The third-order valence-electron chi connectivity index (χ3n) is 3.47. The SMILES string of the molecule is CC(=O)CSc1ccccc1C(=O)OCC(=O)N[C@@H]1CCS(=O)(=O)C1. The minimum Gasteiger partial charge on any atom is -0.452 e. The average molecular weight is 385 g/mol. The largest absolute Gasteiger partial charge is 0.452 e. The van der Waals surface area contributed by atoms with Gasteiger partial charge in [0.25, 0.3) is 5.91 Å². The molecular weight excluding hydrogens is 366 g/mol. The molecule has 1 aromatic carbocycles. The zero-order valence-corrected chi connectivity index (χ0v) is 15.3. The van der Waals surface area contributed by atoms with Crippen LogP contribution in [0.5, 0.6) is 0 Å². The summed E-state index contributed by atoms with van der Waals surface area (Å²) in [6, 6.07) is 6.24. The summed E-state index contributed by atoms with van der Waals surface area (Å²) in [7, 11) is -3.09. The highest BCUT2D eigenvalue weighted by molar-refractivity contribution is 8.00. The van der Waals surface area contributed by atoms with Gasteiger partial charge in [0.2, 0.25) is 0 Å². The number of nitrogens with one attached hydrogen (secondary N) is 1. The van der Waals surface area contributed by atoms with Crippen molar-refractivity contribution >= 4 is 39.3 Å². The van der Waals surface area contributed by atoms with Crippen LogP contribution in [0.4, 0.5) is 0 Å². The minimum atomic E-state index is -3.09. The van der Waals surface area contributed by atoms with Crippen molar-refractivity contribution in [3.05, 3.63) is 29.8 Å². The summed E-state index contributed by atoms with van der Waals surface area (Å²) in [5.41, 5.74) is 0.282. The van der Waals surface area contributed by atoms with E-state index in [9.17, 15) is 22.8 Å². The Hall–Kier alpha value is -1.87. The third-order valence-corrected chi connectivity index (χ3v) is 6.46. The van der Waals surface area contributed by atoms with Gasteiger partial charge in [-0.15, -0.1) is 11.8 Å². The van der Waals surface area contributed by atoms with Gasteiger partial charge in [-0.25, -0.2) is 13.2 Å². The van der Waals surface area contributed by atoms with Crippen LogP contribution in [-0.4, -0.2) is 56.0 Å². The molecule has 25 heavy (non-hydrogen) atoms. The number of hydrogen-bond acceptors (Lipinski definition) is 7. The summed E-state index contributed by atoms with van der Waals surface area (Å²) in [5, 5.41) is 2.55. The lowest BCUT2D eigenvalue weighted by atomic mass is 10.2. The Morgan fingerprint density at radius 1 is 1.28 bits per heavy atom. The minimum absolute atomic E-state index is 0.0148. The topological polar surface area (TPSA) is 107 Å². The second-order valence-corrected chi connectivity index (χ2v) is 8.98. The zero-order chi connectivity index (χ0) is 18.4. The Bertz CT molecular complexity index is 775. The van der Waals surface area contributed by atoms with Crippen LogP contribution in [0.2, 0.25) is 0 Å². The van der Waals surface area contributed by atoms with E-state index in [1.807, 2.05) is 0 Å². The first-order chi connectivity index (χ1) is 11.8. The van der Waals surface area contributed by atoms with Gasteiger partial charge in [-0.2, -0.15) is 0 Å². The highest BCUT2D eigenvalue weighted by Gasteiger charge is 2.29. The molecule has 0 unspecified atom stereocenters. The van der Waals surface area contributed by atoms with Crippen LogP contribution in [0.3, 0.4) is 0 Å². The van der Waals surface area contributed by atoms with Crippen molar-refractivity contribution in [2.45, 2.75) is 24.3 Å². The fraction of sp³-hybridized carbons (Fsp3) is 0.438. The normalized spacial score (nSPS) is 18.5. The summed E-state index contributed by atoms with van der Waals surface area (Å²) < 4.78 is 27.7. The van der Waals surface area contributed by atoms with Gasteiger partial charge < -0.3 is 10.1 Å². The molecule has 0 radical (unpaired) electrons. The van der Waals surface area contributed by atoms with Crippen molar-refractivity contribution in [2.75, 3.05) is 23.9 Å². The van der Waals surface area contributed by atoms with Crippen molar-refractivity contribution < 1.29 is 27.5 Å². The van der Waals surface area contributed by atoms with Crippen LogP contribution in [-0.2, 0) is 24.2 Å². The summed E-state index contributed by atoms with van der Waals surface area (Å²) in [4.78, 5) is 35.7. The van der Waals surface area contributed by atoms with Crippen molar-refractivity contribution in [2.24, 2.45) is 0 Å². The van der Waals surface area contributed by atoms with Crippen LogP contribution in [0.25, 0.3) is 0 Å². The number of hydrogen-bond donors (Lipinski definition) is 1. The second kappa shape index (κ2) is 8.48. The molecule has 1 heterocycles. The highest BCUT2D eigenvalue weighted by atomic mass is 32.2. The molecule has 1 aliphatic rings. The highest BCUT2D eigenvalue weighted by Crippen LogP contribution is 2.23. The Balaban J connectivity index is 1.87. The molecule has 7 nitrogen and oxygen atoms in total. The molecule has 1 aromatic rings. The Morgan fingerprint density at radius 3 is 2.64 bits per heavy atom. The number of amides is 1. The van der Waals surface area contributed by atoms with Crippen LogP contribution >= 0.6 is 11.8 Å². The molecule has 1 aliphatic heterocycles. The van der Waals surface area contributed by atoms with E-state index in [4.69, 9.17) is 4.74 Å². The van der Waals surface area contributed by atoms with E-state index in [0.29, 0.717) is 11.3 Å². The fourth-order valence-corrected chi connectivity index (χ4v) is 4.84. The first kappa shape index (κ1) is 19.5. The number of Topliss-reactive ketones (excluding diaryl/α,β-unsaturated/α-hetero) is 1. The standard InChI is InChI=1S/C16H19NO6S2/c1-11(18)9-24-14-5-3-2-4-13(14)16(20)23-8-15(19)17-12-6-7-25(21,22)10-12/h2-5,12H,6-10H2,1H3,(H,17,19)/t12-/m1/s1. The molecule has 0 aliphatic carbocycles. The van der Waals surface area contributed by atoms with Crippen LogP contribution < -0.4 is 5.32 Å². The summed E-state index contributed by atoms with van der Waals surface area (Å²) in [6.45, 7) is 0.975. The van der Waals surface area contributed by atoms with Gasteiger partial charge in [-0.3, -0.25) is 9.59 Å². The van der Waals surface area contributed by atoms with E-state index in [1.54, 1.807) is 24.3 Å². The maximum Gasteiger partial charge on any atom is 0.339 e. The predicted molar refractivity (Wildman–Crippen MR) is 93.3 cm³/mol. The van der Waals surface area contributed by atoms with E-state index in [0.717, 1.165) is 0 Å². The summed E-state index contributed by atoms with van der Waals surface area (Å²) in [6.07, 6.45) is 0.368. The molecule has 1 atom stereocenters. The summed E-state index contributed by atoms with van der Waals surface area (Å²) in [5.74, 6) is -1.01.